The second kappa shape index (κ2) is 12.7. The number of allylic oxidation sites excluding steroid dienone is 1. The van der Waals surface area contributed by atoms with Crippen molar-refractivity contribution >= 4 is 12.1 Å². The number of alkyl carbamates (subject to hydrolysis) is 1. The number of aliphatic hydroxyl groups is 1. The van der Waals surface area contributed by atoms with Crippen LogP contribution in [0.25, 0.3) is 0 Å². The maximum atomic E-state index is 13.3. The van der Waals surface area contributed by atoms with Gasteiger partial charge < -0.3 is 19.9 Å². The molecule has 9 atom stereocenters. The SMILES string of the molecule is CC(C)[C@H](NC(=O)OC(C)(C)C)C(=O)O[C@H]1CC[C@@]2(C)C(=CC[C@H]3[C@@H]4CC[C@H]([C@H](C)CCCC(C)(C)O)[C@@]4(C)CC[C@@H]32)C1. The van der Waals surface area contributed by atoms with E-state index >= 15 is 0 Å². The zero-order chi connectivity index (χ0) is 32.0. The first-order chi connectivity index (χ1) is 19.8. The van der Waals surface area contributed by atoms with E-state index in [1.165, 1.54) is 37.7 Å². The van der Waals surface area contributed by atoms with Crippen LogP contribution in [-0.2, 0) is 14.3 Å². The number of hydrogen-bond acceptors (Lipinski definition) is 5. The summed E-state index contributed by atoms with van der Waals surface area (Å²) in [5, 5.41) is 13.0. The number of fused-ring (bicyclic) bond motifs is 5. The van der Waals surface area contributed by atoms with Crippen LogP contribution in [-0.4, -0.2) is 40.5 Å². The van der Waals surface area contributed by atoms with Crippen LogP contribution in [0.3, 0.4) is 0 Å². The first-order valence-electron chi connectivity index (χ1n) is 17.5. The molecule has 0 aromatic carbocycles. The van der Waals surface area contributed by atoms with E-state index < -0.39 is 23.3 Å². The molecule has 6 nitrogen and oxygen atoms in total. The van der Waals surface area contributed by atoms with Crippen molar-refractivity contribution in [1.82, 2.24) is 5.32 Å². The van der Waals surface area contributed by atoms with Crippen molar-refractivity contribution in [1.29, 1.82) is 0 Å². The van der Waals surface area contributed by atoms with Crippen LogP contribution in [0.4, 0.5) is 4.79 Å². The molecule has 4 rings (SSSR count). The fourth-order valence-corrected chi connectivity index (χ4v) is 9.93. The molecule has 0 saturated heterocycles. The lowest BCUT2D eigenvalue weighted by molar-refractivity contribution is -0.155. The van der Waals surface area contributed by atoms with Gasteiger partial charge in [0, 0.05) is 6.42 Å². The number of hydrogen-bond donors (Lipinski definition) is 2. The van der Waals surface area contributed by atoms with Gasteiger partial charge in [-0.1, -0.05) is 59.1 Å². The molecule has 0 unspecified atom stereocenters. The molecule has 6 heteroatoms. The molecule has 43 heavy (non-hydrogen) atoms. The summed E-state index contributed by atoms with van der Waals surface area (Å²) in [6, 6.07) is -0.725. The highest BCUT2D eigenvalue weighted by Gasteiger charge is 2.59. The average molecular weight is 602 g/mol. The largest absolute Gasteiger partial charge is 0.461 e. The standard InChI is InChI=1S/C37H63NO5/c1-23(2)31(38-33(40)43-34(4,5)6)32(39)42-26-17-20-36(9)25(22-26)13-14-27-29-16-15-28(37(29,10)21-18-30(27)36)24(3)12-11-19-35(7,8)41/h13,23-24,26-31,41H,11-12,14-22H2,1-10H3,(H,38,40)/t24-,26+,27+,28-,29+,30+,31+,36+,37-/m1/s1. The highest BCUT2D eigenvalue weighted by Crippen LogP contribution is 2.67. The average Bonchev–Trinajstić information content (AvgIpc) is 3.22. The number of carbonyl (C=O) groups excluding carboxylic acids is 2. The topological polar surface area (TPSA) is 84.9 Å². The summed E-state index contributed by atoms with van der Waals surface area (Å²) >= 11 is 0. The molecule has 246 valence electrons. The van der Waals surface area contributed by atoms with Crippen LogP contribution < -0.4 is 5.32 Å². The van der Waals surface area contributed by atoms with E-state index in [-0.39, 0.29) is 23.4 Å². The minimum Gasteiger partial charge on any atom is -0.461 e. The van der Waals surface area contributed by atoms with Gasteiger partial charge in [-0.25, -0.2) is 9.59 Å². The van der Waals surface area contributed by atoms with Crippen molar-refractivity contribution in [2.24, 2.45) is 46.3 Å². The van der Waals surface area contributed by atoms with Crippen molar-refractivity contribution in [3.05, 3.63) is 11.6 Å². The number of rotatable bonds is 9. The number of esters is 1. The molecule has 0 spiro atoms. The summed E-state index contributed by atoms with van der Waals surface area (Å²) < 4.78 is 11.5. The third-order valence-electron chi connectivity index (χ3n) is 12.1. The van der Waals surface area contributed by atoms with Crippen molar-refractivity contribution in [2.75, 3.05) is 0 Å². The first-order valence-corrected chi connectivity index (χ1v) is 17.5. The molecule has 0 aromatic heterocycles. The molecular weight excluding hydrogens is 538 g/mol. The van der Waals surface area contributed by atoms with Gasteiger partial charge in [0.2, 0.25) is 0 Å². The third kappa shape index (κ3) is 7.64. The van der Waals surface area contributed by atoms with E-state index in [0.717, 1.165) is 56.3 Å². The van der Waals surface area contributed by atoms with Gasteiger partial charge in [-0.05, 0) is 132 Å². The molecule has 1 amide bonds. The second-order valence-electron chi connectivity index (χ2n) is 17.3. The lowest BCUT2D eigenvalue weighted by atomic mass is 9.47. The zero-order valence-electron chi connectivity index (χ0n) is 29.1. The number of carbonyl (C=O) groups is 2. The Morgan fingerprint density at radius 2 is 1.72 bits per heavy atom. The van der Waals surface area contributed by atoms with Gasteiger partial charge in [0.1, 0.15) is 17.7 Å². The summed E-state index contributed by atoms with van der Waals surface area (Å²) in [5.74, 6) is 3.31. The van der Waals surface area contributed by atoms with Crippen molar-refractivity contribution in [2.45, 2.75) is 163 Å². The molecule has 3 fully saturated rings. The van der Waals surface area contributed by atoms with Gasteiger partial charge in [0.25, 0.3) is 0 Å². The summed E-state index contributed by atoms with van der Waals surface area (Å²) in [7, 11) is 0. The van der Waals surface area contributed by atoms with Crippen LogP contribution in [0.15, 0.2) is 11.6 Å². The normalized spacial score (nSPS) is 35.6. The molecule has 0 bridgehead atoms. The number of nitrogens with one attached hydrogen (secondary N) is 1. The van der Waals surface area contributed by atoms with Crippen LogP contribution in [0.1, 0.15) is 140 Å². The van der Waals surface area contributed by atoms with Gasteiger partial charge >= 0.3 is 12.1 Å². The Hall–Kier alpha value is -1.56. The van der Waals surface area contributed by atoms with E-state index in [2.05, 4.69) is 32.2 Å². The number of amides is 1. The van der Waals surface area contributed by atoms with Crippen molar-refractivity contribution in [3.8, 4) is 0 Å². The summed E-state index contributed by atoms with van der Waals surface area (Å²) in [6.07, 6.45) is 14.3. The molecule has 4 aliphatic carbocycles. The van der Waals surface area contributed by atoms with Crippen molar-refractivity contribution < 1.29 is 24.2 Å². The summed E-state index contributed by atoms with van der Waals surface area (Å²) in [6.45, 7) is 20.8. The Bertz CT molecular complexity index is 1040. The van der Waals surface area contributed by atoms with E-state index in [9.17, 15) is 14.7 Å². The van der Waals surface area contributed by atoms with Crippen LogP contribution >= 0.6 is 0 Å². The van der Waals surface area contributed by atoms with Crippen LogP contribution in [0, 0.1) is 46.3 Å². The zero-order valence-corrected chi connectivity index (χ0v) is 29.1. The molecular formula is C37H63NO5. The second-order valence-corrected chi connectivity index (χ2v) is 17.3. The van der Waals surface area contributed by atoms with Crippen LogP contribution in [0.2, 0.25) is 0 Å². The van der Waals surface area contributed by atoms with E-state index in [1.807, 2.05) is 48.5 Å². The van der Waals surface area contributed by atoms with Crippen molar-refractivity contribution in [3.63, 3.8) is 0 Å². The maximum Gasteiger partial charge on any atom is 0.408 e. The lowest BCUT2D eigenvalue weighted by Crippen LogP contribution is -2.51. The van der Waals surface area contributed by atoms with Gasteiger partial charge in [0.15, 0.2) is 0 Å². The van der Waals surface area contributed by atoms with Gasteiger partial charge in [-0.3, -0.25) is 0 Å². The predicted octanol–water partition coefficient (Wildman–Crippen LogP) is 8.60. The Morgan fingerprint density at radius 1 is 1.02 bits per heavy atom. The maximum absolute atomic E-state index is 13.3. The molecule has 0 aliphatic heterocycles. The predicted molar refractivity (Wildman–Crippen MR) is 172 cm³/mol. The fourth-order valence-electron chi connectivity index (χ4n) is 9.93. The fraction of sp³-hybridized carbons (Fsp3) is 0.892. The first kappa shape index (κ1) is 34.3. The van der Waals surface area contributed by atoms with E-state index in [1.54, 1.807) is 0 Å². The molecule has 2 N–H and O–H groups in total. The highest BCUT2D eigenvalue weighted by molar-refractivity contribution is 5.81. The Morgan fingerprint density at radius 3 is 2.35 bits per heavy atom. The quantitative estimate of drug-likeness (QED) is 0.204. The van der Waals surface area contributed by atoms with Gasteiger partial charge in [-0.2, -0.15) is 0 Å². The molecule has 0 aromatic rings. The lowest BCUT2D eigenvalue weighted by Gasteiger charge is -2.58. The third-order valence-corrected chi connectivity index (χ3v) is 12.1. The Labute approximate surface area is 262 Å². The van der Waals surface area contributed by atoms with Gasteiger partial charge in [0.05, 0.1) is 5.60 Å². The highest BCUT2D eigenvalue weighted by atomic mass is 16.6. The minimum atomic E-state index is -0.725. The summed E-state index contributed by atoms with van der Waals surface area (Å²) in [5.41, 5.74) is 0.927. The minimum absolute atomic E-state index is 0.0976. The van der Waals surface area contributed by atoms with Gasteiger partial charge in [-0.15, -0.1) is 0 Å². The smallest absolute Gasteiger partial charge is 0.408 e. The Kier molecular flexibility index (Phi) is 10.1. The Balaban J connectivity index is 1.39. The van der Waals surface area contributed by atoms with E-state index in [4.69, 9.17) is 9.47 Å². The monoisotopic (exact) mass is 601 g/mol. The van der Waals surface area contributed by atoms with E-state index in [0.29, 0.717) is 17.3 Å². The molecule has 0 heterocycles. The van der Waals surface area contributed by atoms with Crippen LogP contribution in [0.5, 0.6) is 0 Å². The molecule has 0 radical (unpaired) electrons. The summed E-state index contributed by atoms with van der Waals surface area (Å²) in [4.78, 5) is 25.7. The molecule has 4 aliphatic rings. The number of ether oxygens (including phenoxy) is 2. The molecule has 3 saturated carbocycles.